The van der Waals surface area contributed by atoms with Gasteiger partial charge in [0, 0.05) is 0 Å². The summed E-state index contributed by atoms with van der Waals surface area (Å²) in [5.74, 6) is 0. The number of piperidine rings is 1. The van der Waals surface area contributed by atoms with Gasteiger partial charge in [0.05, 0.1) is 20.3 Å². The van der Waals surface area contributed by atoms with Gasteiger partial charge in [0.2, 0.25) is 0 Å². The molecule has 0 bridgehead atoms. The highest BCUT2D eigenvalue weighted by atomic mass is 16.4. The molecule has 0 aliphatic carbocycles. The number of hydrogen-bond donors (Lipinski definition) is 5. The smallest absolute Gasteiger partial charge is 0.141 e. The molecule has 1 unspecified atom stereocenters. The first-order valence-corrected chi connectivity index (χ1v) is 5.06. The standard InChI is InChI=1S/C9H20NO5/c1-10(2-3-11)4-7(13)9(15)8(14)6(10)5-12/h6-9,11-15H,2-5H2,1H3/q+1/t6-,7+,8-,9-,10?/m1/s1. The van der Waals surface area contributed by atoms with Crippen LogP contribution < -0.4 is 0 Å². The van der Waals surface area contributed by atoms with E-state index in [0.717, 1.165) is 0 Å². The minimum Gasteiger partial charge on any atom is -0.391 e. The second kappa shape index (κ2) is 4.73. The molecule has 1 aliphatic rings. The summed E-state index contributed by atoms with van der Waals surface area (Å²) < 4.78 is 0.159. The van der Waals surface area contributed by atoms with Crippen LogP contribution in [0.15, 0.2) is 0 Å². The van der Waals surface area contributed by atoms with Gasteiger partial charge in [-0.25, -0.2) is 0 Å². The minimum absolute atomic E-state index is 0.0947. The molecule has 0 aromatic carbocycles. The van der Waals surface area contributed by atoms with Crippen LogP contribution in [-0.2, 0) is 0 Å². The zero-order valence-electron chi connectivity index (χ0n) is 8.82. The zero-order chi connectivity index (χ0) is 11.6. The maximum Gasteiger partial charge on any atom is 0.141 e. The lowest BCUT2D eigenvalue weighted by Gasteiger charge is -2.49. The van der Waals surface area contributed by atoms with Crippen LogP contribution in [0, 0.1) is 0 Å². The van der Waals surface area contributed by atoms with Crippen molar-refractivity contribution in [2.45, 2.75) is 24.4 Å². The van der Waals surface area contributed by atoms with Crippen molar-refractivity contribution in [2.75, 3.05) is 33.4 Å². The molecular weight excluding hydrogens is 202 g/mol. The van der Waals surface area contributed by atoms with Crippen molar-refractivity contribution in [3.63, 3.8) is 0 Å². The molecule has 1 fully saturated rings. The van der Waals surface area contributed by atoms with Crippen LogP contribution in [0.4, 0.5) is 0 Å². The van der Waals surface area contributed by atoms with Crippen LogP contribution in [0.25, 0.3) is 0 Å². The van der Waals surface area contributed by atoms with Crippen molar-refractivity contribution >= 4 is 0 Å². The van der Waals surface area contributed by atoms with Gasteiger partial charge in [0.1, 0.15) is 37.4 Å². The summed E-state index contributed by atoms with van der Waals surface area (Å²) in [4.78, 5) is 0. The van der Waals surface area contributed by atoms with Gasteiger partial charge in [0.15, 0.2) is 0 Å². The molecular formula is C9H20NO5+. The molecule has 5 atom stereocenters. The highest BCUT2D eigenvalue weighted by molar-refractivity contribution is 4.87. The number of hydrogen-bond acceptors (Lipinski definition) is 5. The molecule has 0 aromatic heterocycles. The quantitative estimate of drug-likeness (QED) is 0.325. The SMILES string of the molecule is C[N+]1(CCO)C[C@H](O)[C@@H](O)[C@H](O)[C@H]1CO. The van der Waals surface area contributed by atoms with Crippen molar-refractivity contribution in [3.8, 4) is 0 Å². The Bertz CT molecular complexity index is 215. The number of aliphatic hydroxyl groups is 5. The third-order valence-corrected chi connectivity index (χ3v) is 3.34. The van der Waals surface area contributed by atoms with E-state index in [-0.39, 0.29) is 24.2 Å². The molecule has 0 radical (unpaired) electrons. The Balaban J connectivity index is 2.86. The minimum atomic E-state index is -1.23. The van der Waals surface area contributed by atoms with Crippen molar-refractivity contribution in [1.82, 2.24) is 0 Å². The van der Waals surface area contributed by atoms with Gasteiger partial charge in [-0.1, -0.05) is 0 Å². The maximum absolute atomic E-state index is 9.70. The predicted octanol–water partition coefficient (Wildman–Crippen LogP) is -3.12. The van der Waals surface area contributed by atoms with E-state index in [9.17, 15) is 20.4 Å². The first-order valence-electron chi connectivity index (χ1n) is 5.06. The molecule has 1 aliphatic heterocycles. The molecule has 0 amide bonds. The van der Waals surface area contributed by atoms with E-state index < -0.39 is 24.4 Å². The summed E-state index contributed by atoms with van der Waals surface area (Å²) in [6.45, 7) is 0.153. The largest absolute Gasteiger partial charge is 0.391 e. The lowest BCUT2D eigenvalue weighted by molar-refractivity contribution is -0.946. The van der Waals surface area contributed by atoms with Crippen molar-refractivity contribution in [2.24, 2.45) is 0 Å². The Morgan fingerprint density at radius 3 is 2.20 bits per heavy atom. The highest BCUT2D eigenvalue weighted by Crippen LogP contribution is 2.24. The van der Waals surface area contributed by atoms with Crippen LogP contribution in [0.3, 0.4) is 0 Å². The first-order chi connectivity index (χ1) is 6.96. The van der Waals surface area contributed by atoms with Crippen LogP contribution in [-0.4, -0.2) is 87.7 Å². The van der Waals surface area contributed by atoms with E-state index in [1.165, 1.54) is 0 Å². The number of nitrogens with zero attached hydrogens (tertiary/aromatic N) is 1. The maximum atomic E-state index is 9.70. The summed E-state index contributed by atoms with van der Waals surface area (Å²) in [5.41, 5.74) is 0. The lowest BCUT2D eigenvalue weighted by atomic mass is 9.92. The second-order valence-electron chi connectivity index (χ2n) is 4.41. The number of quaternary nitrogens is 1. The van der Waals surface area contributed by atoms with Gasteiger partial charge in [-0.2, -0.15) is 0 Å². The Morgan fingerprint density at radius 1 is 1.13 bits per heavy atom. The normalized spacial score (nSPS) is 46.8. The molecule has 0 aromatic rings. The summed E-state index contributed by atoms with van der Waals surface area (Å²) in [7, 11) is 1.73. The predicted molar refractivity (Wildman–Crippen MR) is 51.9 cm³/mol. The Morgan fingerprint density at radius 2 is 1.73 bits per heavy atom. The first kappa shape index (κ1) is 12.8. The molecule has 1 rings (SSSR count). The van der Waals surface area contributed by atoms with E-state index >= 15 is 0 Å². The zero-order valence-corrected chi connectivity index (χ0v) is 8.82. The van der Waals surface area contributed by atoms with E-state index in [4.69, 9.17) is 5.11 Å². The molecule has 1 heterocycles. The highest BCUT2D eigenvalue weighted by Gasteiger charge is 2.49. The summed E-state index contributed by atoms with van der Waals surface area (Å²) in [6.07, 6.45) is -3.43. The van der Waals surface area contributed by atoms with Crippen LogP contribution >= 0.6 is 0 Å². The third kappa shape index (κ3) is 2.30. The summed E-state index contributed by atoms with van der Waals surface area (Å²) >= 11 is 0. The second-order valence-corrected chi connectivity index (χ2v) is 4.41. The Hall–Kier alpha value is -0.240. The topological polar surface area (TPSA) is 101 Å². The molecule has 6 nitrogen and oxygen atoms in total. The number of rotatable bonds is 3. The Labute approximate surface area is 88.6 Å². The fourth-order valence-corrected chi connectivity index (χ4v) is 2.29. The molecule has 1 saturated heterocycles. The fraction of sp³-hybridized carbons (Fsp3) is 1.00. The van der Waals surface area contributed by atoms with Crippen LogP contribution in [0.1, 0.15) is 0 Å². The van der Waals surface area contributed by atoms with Crippen molar-refractivity contribution in [1.29, 1.82) is 0 Å². The molecule has 15 heavy (non-hydrogen) atoms. The van der Waals surface area contributed by atoms with Gasteiger partial charge in [0.25, 0.3) is 0 Å². The van der Waals surface area contributed by atoms with Crippen molar-refractivity contribution in [3.05, 3.63) is 0 Å². The van der Waals surface area contributed by atoms with Gasteiger partial charge in [-0.15, -0.1) is 0 Å². The third-order valence-electron chi connectivity index (χ3n) is 3.34. The average Bonchev–Trinajstić information content (AvgIpc) is 2.15. The fourth-order valence-electron chi connectivity index (χ4n) is 2.29. The molecule has 5 N–H and O–H groups in total. The van der Waals surface area contributed by atoms with Gasteiger partial charge in [-0.3, -0.25) is 0 Å². The van der Waals surface area contributed by atoms with Crippen LogP contribution in [0.5, 0.6) is 0 Å². The van der Waals surface area contributed by atoms with E-state index in [1.807, 2.05) is 0 Å². The van der Waals surface area contributed by atoms with Gasteiger partial charge in [-0.05, 0) is 0 Å². The number of likely N-dealkylation sites (N-methyl/N-ethyl adjacent to an activating group) is 1. The van der Waals surface area contributed by atoms with E-state index in [0.29, 0.717) is 6.54 Å². The monoisotopic (exact) mass is 222 g/mol. The summed E-state index contributed by atoms with van der Waals surface area (Å²) in [6, 6.07) is -0.574. The van der Waals surface area contributed by atoms with E-state index in [1.54, 1.807) is 7.05 Å². The Kier molecular flexibility index (Phi) is 4.05. The number of likely N-dealkylation sites (tertiary alicyclic amines) is 1. The van der Waals surface area contributed by atoms with Crippen LogP contribution in [0.2, 0.25) is 0 Å². The van der Waals surface area contributed by atoms with Gasteiger partial charge < -0.3 is 30.0 Å². The average molecular weight is 222 g/mol. The molecule has 6 heteroatoms. The summed E-state index contributed by atoms with van der Waals surface area (Å²) in [5, 5.41) is 46.8. The molecule has 0 spiro atoms. The molecule has 0 saturated carbocycles. The number of aliphatic hydroxyl groups excluding tert-OH is 5. The van der Waals surface area contributed by atoms with Crippen molar-refractivity contribution < 1.29 is 30.0 Å². The lowest BCUT2D eigenvalue weighted by Crippen LogP contribution is -2.71. The van der Waals surface area contributed by atoms with Gasteiger partial charge >= 0.3 is 0 Å². The molecule has 90 valence electrons. The van der Waals surface area contributed by atoms with E-state index in [2.05, 4.69) is 0 Å².